The number of imidazole rings is 1. The van der Waals surface area contributed by atoms with E-state index in [-0.39, 0.29) is 5.69 Å². The highest BCUT2D eigenvalue weighted by Gasteiger charge is 1.96. The Morgan fingerprint density at radius 1 is 1.25 bits per heavy atom. The molecule has 0 atom stereocenters. The number of nitrogens with zero attached hydrogens (tertiary/aromatic N) is 3. The number of hydrogen-bond donors (Lipinski definition) is 0. The maximum absolute atomic E-state index is 11.5. The molecule has 0 aliphatic carbocycles. The molecular weight excluding hydrogens is 202 g/mol. The van der Waals surface area contributed by atoms with Gasteiger partial charge in [0.05, 0.1) is 13.1 Å². The summed E-state index contributed by atoms with van der Waals surface area (Å²) < 4.78 is 3.15. The van der Waals surface area contributed by atoms with Gasteiger partial charge in [0.2, 0.25) is 0 Å². The van der Waals surface area contributed by atoms with E-state index in [1.165, 1.54) is 0 Å². The standard InChI is InChI=1S/C12H19N3O/c1-4-14(5-2)8-6-7-9-15-11-10-13(3)12(15)16/h10-11H,4-5,8-9H2,1-3H3. The first kappa shape index (κ1) is 12.6. The molecule has 0 aliphatic heterocycles. The number of rotatable bonds is 4. The van der Waals surface area contributed by atoms with Crippen molar-refractivity contribution in [1.29, 1.82) is 0 Å². The van der Waals surface area contributed by atoms with Crippen LogP contribution in [0.2, 0.25) is 0 Å². The first-order chi connectivity index (χ1) is 7.69. The van der Waals surface area contributed by atoms with Gasteiger partial charge in [-0.25, -0.2) is 4.79 Å². The minimum absolute atomic E-state index is 0.0165. The van der Waals surface area contributed by atoms with E-state index in [0.717, 1.165) is 19.6 Å². The molecule has 1 aromatic heterocycles. The SMILES string of the molecule is CCN(CC)CC#CCn1ccn(C)c1=O. The van der Waals surface area contributed by atoms with E-state index in [4.69, 9.17) is 0 Å². The molecule has 1 rings (SSSR count). The minimum atomic E-state index is -0.0165. The van der Waals surface area contributed by atoms with E-state index in [1.807, 2.05) is 0 Å². The average molecular weight is 221 g/mol. The Balaban J connectivity index is 2.49. The molecule has 0 aromatic carbocycles. The molecule has 0 unspecified atom stereocenters. The molecule has 0 spiro atoms. The molecule has 0 bridgehead atoms. The molecular formula is C12H19N3O. The third kappa shape index (κ3) is 3.28. The van der Waals surface area contributed by atoms with Gasteiger partial charge in [0.1, 0.15) is 0 Å². The Morgan fingerprint density at radius 3 is 2.44 bits per heavy atom. The average Bonchev–Trinajstić information content (AvgIpc) is 2.61. The number of aryl methyl sites for hydroxylation is 1. The zero-order valence-electron chi connectivity index (χ0n) is 10.2. The Labute approximate surface area is 96.5 Å². The lowest BCUT2D eigenvalue weighted by molar-refractivity contribution is 0.342. The summed E-state index contributed by atoms with van der Waals surface area (Å²) in [5.74, 6) is 6.09. The fraction of sp³-hybridized carbons (Fsp3) is 0.583. The summed E-state index contributed by atoms with van der Waals surface area (Å²) in [7, 11) is 1.74. The highest BCUT2D eigenvalue weighted by Crippen LogP contribution is 1.84. The van der Waals surface area contributed by atoms with Crippen LogP contribution < -0.4 is 5.69 Å². The predicted molar refractivity (Wildman–Crippen MR) is 65.2 cm³/mol. The topological polar surface area (TPSA) is 30.2 Å². The molecule has 0 amide bonds. The zero-order valence-corrected chi connectivity index (χ0v) is 10.2. The van der Waals surface area contributed by atoms with E-state index in [2.05, 4.69) is 30.6 Å². The number of hydrogen-bond acceptors (Lipinski definition) is 2. The van der Waals surface area contributed by atoms with Crippen LogP contribution in [0, 0.1) is 11.8 Å². The maximum atomic E-state index is 11.5. The van der Waals surface area contributed by atoms with Crippen LogP contribution in [-0.4, -0.2) is 33.7 Å². The predicted octanol–water partition coefficient (Wildman–Crippen LogP) is 0.532. The largest absolute Gasteiger partial charge is 0.328 e. The quantitative estimate of drug-likeness (QED) is 0.694. The van der Waals surface area contributed by atoms with Gasteiger partial charge >= 0.3 is 5.69 Å². The minimum Gasteiger partial charge on any atom is -0.302 e. The van der Waals surface area contributed by atoms with Crippen LogP contribution in [0.1, 0.15) is 13.8 Å². The summed E-state index contributed by atoms with van der Waals surface area (Å²) in [6, 6.07) is 0. The lowest BCUT2D eigenvalue weighted by Crippen LogP contribution is -2.23. The Hall–Kier alpha value is -1.47. The van der Waals surface area contributed by atoms with Crippen molar-refractivity contribution in [2.45, 2.75) is 20.4 Å². The van der Waals surface area contributed by atoms with Crippen LogP contribution in [0.3, 0.4) is 0 Å². The van der Waals surface area contributed by atoms with Crippen molar-refractivity contribution in [2.24, 2.45) is 7.05 Å². The van der Waals surface area contributed by atoms with Crippen molar-refractivity contribution in [2.75, 3.05) is 19.6 Å². The lowest BCUT2D eigenvalue weighted by Gasteiger charge is -2.13. The highest BCUT2D eigenvalue weighted by atomic mass is 16.1. The van der Waals surface area contributed by atoms with E-state index in [0.29, 0.717) is 6.54 Å². The van der Waals surface area contributed by atoms with Gasteiger partial charge in [-0.1, -0.05) is 25.7 Å². The van der Waals surface area contributed by atoms with Gasteiger partial charge in [-0.3, -0.25) is 9.47 Å². The van der Waals surface area contributed by atoms with Gasteiger partial charge < -0.3 is 4.57 Å². The van der Waals surface area contributed by atoms with Crippen molar-refractivity contribution in [1.82, 2.24) is 14.0 Å². The molecule has 1 aromatic rings. The molecule has 4 nitrogen and oxygen atoms in total. The third-order valence-electron chi connectivity index (χ3n) is 2.59. The van der Waals surface area contributed by atoms with Gasteiger partial charge in [-0.05, 0) is 13.1 Å². The van der Waals surface area contributed by atoms with Gasteiger partial charge in [0, 0.05) is 19.4 Å². The van der Waals surface area contributed by atoms with Gasteiger partial charge in [-0.15, -0.1) is 0 Å². The van der Waals surface area contributed by atoms with Crippen molar-refractivity contribution in [3.05, 3.63) is 22.9 Å². The first-order valence-electron chi connectivity index (χ1n) is 5.58. The second-order valence-electron chi connectivity index (χ2n) is 3.63. The zero-order chi connectivity index (χ0) is 12.0. The Morgan fingerprint density at radius 2 is 1.94 bits per heavy atom. The summed E-state index contributed by atoms with van der Waals surface area (Å²) in [4.78, 5) is 13.7. The van der Waals surface area contributed by atoms with Crippen LogP contribution in [-0.2, 0) is 13.6 Å². The van der Waals surface area contributed by atoms with Crippen molar-refractivity contribution < 1.29 is 0 Å². The third-order valence-corrected chi connectivity index (χ3v) is 2.59. The summed E-state index contributed by atoms with van der Waals surface area (Å²) in [6.45, 7) is 7.50. The highest BCUT2D eigenvalue weighted by molar-refractivity contribution is 5.02. The Bertz CT molecular complexity index is 429. The Kier molecular flexibility index (Phi) is 4.87. The van der Waals surface area contributed by atoms with Crippen molar-refractivity contribution in [3.8, 4) is 11.8 Å². The van der Waals surface area contributed by atoms with E-state index in [9.17, 15) is 4.79 Å². The summed E-state index contributed by atoms with van der Waals surface area (Å²) in [5, 5.41) is 0. The number of aromatic nitrogens is 2. The van der Waals surface area contributed by atoms with Crippen LogP contribution in [0.15, 0.2) is 17.2 Å². The van der Waals surface area contributed by atoms with Gasteiger partial charge in [-0.2, -0.15) is 0 Å². The molecule has 0 aliphatic rings. The van der Waals surface area contributed by atoms with Crippen molar-refractivity contribution in [3.63, 3.8) is 0 Å². The second kappa shape index (κ2) is 6.19. The molecule has 0 saturated heterocycles. The monoisotopic (exact) mass is 221 g/mol. The van der Waals surface area contributed by atoms with Gasteiger partial charge in [0.25, 0.3) is 0 Å². The lowest BCUT2D eigenvalue weighted by atomic mass is 10.4. The molecule has 0 saturated carbocycles. The second-order valence-corrected chi connectivity index (χ2v) is 3.63. The molecule has 0 fully saturated rings. The molecule has 1 heterocycles. The summed E-state index contributed by atoms with van der Waals surface area (Å²) in [5.41, 5.74) is -0.0165. The molecule has 16 heavy (non-hydrogen) atoms. The van der Waals surface area contributed by atoms with Crippen LogP contribution >= 0.6 is 0 Å². The van der Waals surface area contributed by atoms with E-state index in [1.54, 1.807) is 28.6 Å². The maximum Gasteiger partial charge on any atom is 0.328 e. The fourth-order valence-electron chi connectivity index (χ4n) is 1.39. The van der Waals surface area contributed by atoms with E-state index < -0.39 is 0 Å². The first-order valence-corrected chi connectivity index (χ1v) is 5.58. The summed E-state index contributed by atoms with van der Waals surface area (Å²) >= 11 is 0. The van der Waals surface area contributed by atoms with Crippen LogP contribution in [0.4, 0.5) is 0 Å². The van der Waals surface area contributed by atoms with Gasteiger partial charge in [0.15, 0.2) is 0 Å². The van der Waals surface area contributed by atoms with Crippen LogP contribution in [0.5, 0.6) is 0 Å². The van der Waals surface area contributed by atoms with Crippen molar-refractivity contribution >= 4 is 0 Å². The summed E-state index contributed by atoms with van der Waals surface area (Å²) in [6.07, 6.45) is 3.50. The molecule has 88 valence electrons. The fourth-order valence-corrected chi connectivity index (χ4v) is 1.39. The molecule has 4 heteroatoms. The van der Waals surface area contributed by atoms with E-state index >= 15 is 0 Å². The molecule has 0 radical (unpaired) electrons. The van der Waals surface area contributed by atoms with Crippen LogP contribution in [0.25, 0.3) is 0 Å². The molecule has 0 N–H and O–H groups in total. The normalized spacial score (nSPS) is 10.2. The smallest absolute Gasteiger partial charge is 0.302 e.